The first-order chi connectivity index (χ1) is 8.33. The molecule has 0 aliphatic rings. The first-order valence-electron chi connectivity index (χ1n) is 5.65. The molecule has 0 saturated heterocycles. The van der Waals surface area contributed by atoms with Crippen molar-refractivity contribution in [3.8, 4) is 0 Å². The fraction of sp³-hybridized carbons (Fsp3) is 0.462. The number of thioether (sulfide) groups is 1. The van der Waals surface area contributed by atoms with Gasteiger partial charge in [0.15, 0.2) is 0 Å². The van der Waals surface area contributed by atoms with Crippen LogP contribution >= 0.6 is 11.8 Å². The van der Waals surface area contributed by atoms with Crippen molar-refractivity contribution in [3.05, 3.63) is 29.6 Å². The maximum Gasteiger partial charge on any atom is 0.316 e. The molecule has 1 rings (SSSR count). The van der Waals surface area contributed by atoms with Crippen molar-refractivity contribution in [1.82, 2.24) is 0 Å². The lowest BCUT2D eigenvalue weighted by molar-refractivity contribution is -0.151. The molecule has 18 heavy (non-hydrogen) atoms. The fourth-order valence-electron chi connectivity index (χ4n) is 1.38. The van der Waals surface area contributed by atoms with Crippen molar-refractivity contribution >= 4 is 17.7 Å². The second kappa shape index (κ2) is 6.20. The summed E-state index contributed by atoms with van der Waals surface area (Å²) in [5.74, 6) is -0.643. The topological polar surface area (TPSA) is 52.3 Å². The number of carbonyl (C=O) groups excluding carboxylic acids is 1. The van der Waals surface area contributed by atoms with E-state index in [1.807, 2.05) is 0 Å². The predicted octanol–water partition coefficient (Wildman–Crippen LogP) is 2.72. The molecule has 0 bridgehead atoms. The van der Waals surface area contributed by atoms with Crippen molar-refractivity contribution in [1.29, 1.82) is 0 Å². The van der Waals surface area contributed by atoms with Gasteiger partial charge in [-0.25, -0.2) is 4.39 Å². The summed E-state index contributed by atoms with van der Waals surface area (Å²) in [4.78, 5) is 12.0. The molecule has 0 aliphatic heterocycles. The zero-order chi connectivity index (χ0) is 13.8. The number of hydrogen-bond acceptors (Lipinski definition) is 4. The molecular weight excluding hydrogens is 253 g/mol. The van der Waals surface area contributed by atoms with Gasteiger partial charge in [0.1, 0.15) is 11.4 Å². The van der Waals surface area contributed by atoms with Gasteiger partial charge in [0.05, 0.1) is 5.75 Å². The van der Waals surface area contributed by atoms with Crippen LogP contribution in [-0.2, 0) is 16.1 Å². The van der Waals surface area contributed by atoms with Gasteiger partial charge in [0.25, 0.3) is 0 Å². The fourth-order valence-corrected chi connectivity index (χ4v) is 2.24. The van der Waals surface area contributed by atoms with E-state index in [9.17, 15) is 9.18 Å². The van der Waals surface area contributed by atoms with E-state index in [2.05, 4.69) is 0 Å². The molecule has 100 valence electrons. The Hall–Kier alpha value is -1.07. The number of benzene rings is 1. The Kier molecular flexibility index (Phi) is 5.16. The van der Waals surface area contributed by atoms with E-state index < -0.39 is 5.60 Å². The van der Waals surface area contributed by atoms with E-state index in [0.29, 0.717) is 10.5 Å². The molecule has 2 N–H and O–H groups in total. The Morgan fingerprint density at radius 3 is 2.67 bits per heavy atom. The van der Waals surface area contributed by atoms with Crippen molar-refractivity contribution in [3.63, 3.8) is 0 Å². The Balaban J connectivity index is 2.66. The number of hydrogen-bond donors (Lipinski definition) is 1. The van der Waals surface area contributed by atoms with Gasteiger partial charge in [0.2, 0.25) is 0 Å². The number of carbonyl (C=O) groups is 1. The average Bonchev–Trinajstić information content (AvgIpc) is 2.24. The summed E-state index contributed by atoms with van der Waals surface area (Å²) in [5, 5.41) is 0. The molecule has 3 nitrogen and oxygen atoms in total. The van der Waals surface area contributed by atoms with Crippen LogP contribution in [0.15, 0.2) is 23.1 Å². The largest absolute Gasteiger partial charge is 0.459 e. The molecule has 0 aromatic heterocycles. The van der Waals surface area contributed by atoms with Crippen LogP contribution in [0.5, 0.6) is 0 Å². The highest BCUT2D eigenvalue weighted by molar-refractivity contribution is 8.00. The van der Waals surface area contributed by atoms with E-state index in [4.69, 9.17) is 10.5 Å². The summed E-state index contributed by atoms with van der Waals surface area (Å²) >= 11 is 1.12. The van der Waals surface area contributed by atoms with E-state index in [-0.39, 0.29) is 24.1 Å². The molecule has 0 saturated carbocycles. The monoisotopic (exact) mass is 271 g/mol. The molecule has 0 unspecified atom stereocenters. The minimum Gasteiger partial charge on any atom is -0.459 e. The predicted molar refractivity (Wildman–Crippen MR) is 70.9 cm³/mol. The van der Waals surface area contributed by atoms with Crippen LogP contribution < -0.4 is 5.73 Å². The lowest BCUT2D eigenvalue weighted by atomic mass is 10.2. The summed E-state index contributed by atoms with van der Waals surface area (Å²) in [7, 11) is 0. The number of nitrogens with two attached hydrogens (primary N) is 1. The molecule has 0 aliphatic carbocycles. The van der Waals surface area contributed by atoms with Gasteiger partial charge in [-0.2, -0.15) is 0 Å². The zero-order valence-electron chi connectivity index (χ0n) is 10.8. The quantitative estimate of drug-likeness (QED) is 0.676. The van der Waals surface area contributed by atoms with Crippen LogP contribution in [0, 0.1) is 5.82 Å². The van der Waals surface area contributed by atoms with Gasteiger partial charge in [0, 0.05) is 11.4 Å². The maximum absolute atomic E-state index is 13.6. The van der Waals surface area contributed by atoms with Crippen LogP contribution in [0.25, 0.3) is 0 Å². The molecule has 5 heteroatoms. The Morgan fingerprint density at radius 2 is 2.11 bits per heavy atom. The average molecular weight is 271 g/mol. The number of esters is 1. The molecule has 0 radical (unpaired) electrons. The Morgan fingerprint density at radius 1 is 1.44 bits per heavy atom. The van der Waals surface area contributed by atoms with Crippen LogP contribution in [0.3, 0.4) is 0 Å². The van der Waals surface area contributed by atoms with Crippen molar-refractivity contribution < 1.29 is 13.9 Å². The molecule has 0 amide bonds. The molecule has 0 fully saturated rings. The molecule has 1 aromatic rings. The van der Waals surface area contributed by atoms with Gasteiger partial charge in [-0.05, 0) is 32.4 Å². The molecule has 0 atom stereocenters. The summed E-state index contributed by atoms with van der Waals surface area (Å²) < 4.78 is 18.8. The number of ether oxygens (including phenoxy) is 1. The lowest BCUT2D eigenvalue weighted by Gasteiger charge is -2.19. The molecular formula is C13H18FNO2S. The summed E-state index contributed by atoms with van der Waals surface area (Å²) in [5.41, 5.74) is 5.70. The van der Waals surface area contributed by atoms with Gasteiger partial charge in [-0.3, -0.25) is 4.79 Å². The second-order valence-corrected chi connectivity index (χ2v) is 5.79. The summed E-state index contributed by atoms with van der Waals surface area (Å²) in [6.45, 7) is 5.63. The first-order valence-corrected chi connectivity index (χ1v) is 6.64. The zero-order valence-corrected chi connectivity index (χ0v) is 11.6. The minimum absolute atomic E-state index is 0.0746. The molecule has 1 aromatic carbocycles. The molecule has 0 heterocycles. The summed E-state index contributed by atoms with van der Waals surface area (Å²) in [6.07, 6.45) is 0. The minimum atomic E-state index is -0.524. The standard InChI is InChI=1S/C13H18FNO2S/c1-13(2,3)17-11(16)8-18-12-9(7-15)5-4-6-10(12)14/h4-6H,7-8,15H2,1-3H3. The Labute approximate surface area is 111 Å². The van der Waals surface area contributed by atoms with Crippen LogP contribution in [0.2, 0.25) is 0 Å². The number of rotatable bonds is 4. The van der Waals surface area contributed by atoms with Crippen LogP contribution in [-0.4, -0.2) is 17.3 Å². The van der Waals surface area contributed by atoms with Crippen molar-refractivity contribution in [2.24, 2.45) is 5.73 Å². The highest BCUT2D eigenvalue weighted by Crippen LogP contribution is 2.26. The maximum atomic E-state index is 13.6. The normalized spacial score (nSPS) is 11.4. The second-order valence-electron chi connectivity index (χ2n) is 4.81. The SMILES string of the molecule is CC(C)(C)OC(=O)CSc1c(F)cccc1CN. The van der Waals surface area contributed by atoms with E-state index in [1.165, 1.54) is 6.07 Å². The third kappa shape index (κ3) is 4.66. The highest BCUT2D eigenvalue weighted by Gasteiger charge is 2.17. The van der Waals surface area contributed by atoms with E-state index in [1.54, 1.807) is 32.9 Å². The van der Waals surface area contributed by atoms with Gasteiger partial charge >= 0.3 is 5.97 Å². The first kappa shape index (κ1) is 15.0. The summed E-state index contributed by atoms with van der Waals surface area (Å²) in [6, 6.07) is 4.71. The third-order valence-electron chi connectivity index (χ3n) is 2.02. The van der Waals surface area contributed by atoms with Gasteiger partial charge < -0.3 is 10.5 Å². The lowest BCUT2D eigenvalue weighted by Crippen LogP contribution is -2.25. The number of halogens is 1. The van der Waals surface area contributed by atoms with Gasteiger partial charge in [-0.1, -0.05) is 12.1 Å². The highest BCUT2D eigenvalue weighted by atomic mass is 32.2. The van der Waals surface area contributed by atoms with E-state index >= 15 is 0 Å². The smallest absolute Gasteiger partial charge is 0.316 e. The van der Waals surface area contributed by atoms with E-state index in [0.717, 1.165) is 11.8 Å². The van der Waals surface area contributed by atoms with Crippen LogP contribution in [0.1, 0.15) is 26.3 Å². The third-order valence-corrected chi connectivity index (χ3v) is 3.15. The van der Waals surface area contributed by atoms with Crippen LogP contribution in [0.4, 0.5) is 4.39 Å². The van der Waals surface area contributed by atoms with Crippen molar-refractivity contribution in [2.75, 3.05) is 5.75 Å². The Bertz CT molecular complexity index is 429. The van der Waals surface area contributed by atoms with Crippen molar-refractivity contribution in [2.45, 2.75) is 37.8 Å². The molecule has 0 spiro atoms. The van der Waals surface area contributed by atoms with Gasteiger partial charge in [-0.15, -0.1) is 11.8 Å².